The van der Waals surface area contributed by atoms with Gasteiger partial charge in [0, 0.05) is 36.5 Å². The number of carboxylic acid groups (broad SMARTS) is 1. The van der Waals surface area contributed by atoms with E-state index in [1.807, 2.05) is 24.3 Å². The lowest BCUT2D eigenvalue weighted by molar-refractivity contribution is -0.142. The highest BCUT2D eigenvalue weighted by Crippen LogP contribution is 2.19. The Hall–Kier alpha value is -2.83. The molecular formula is C19H23N3O4. The first-order chi connectivity index (χ1) is 12.5. The second-order valence-corrected chi connectivity index (χ2v) is 6.65. The van der Waals surface area contributed by atoms with Gasteiger partial charge in [-0.25, -0.2) is 4.79 Å². The molecule has 1 fully saturated rings. The van der Waals surface area contributed by atoms with Crippen LogP contribution in [0.15, 0.2) is 30.5 Å². The van der Waals surface area contributed by atoms with Gasteiger partial charge in [-0.1, -0.05) is 24.6 Å². The van der Waals surface area contributed by atoms with E-state index in [1.54, 1.807) is 6.20 Å². The van der Waals surface area contributed by atoms with Crippen molar-refractivity contribution < 1.29 is 19.5 Å². The lowest BCUT2D eigenvalue weighted by atomic mass is 10.0. The lowest BCUT2D eigenvalue weighted by Crippen LogP contribution is -2.47. The molecule has 0 saturated carbocycles. The summed E-state index contributed by atoms with van der Waals surface area (Å²) in [5, 5.41) is 13.0. The minimum Gasteiger partial charge on any atom is -0.480 e. The summed E-state index contributed by atoms with van der Waals surface area (Å²) in [7, 11) is 0. The fourth-order valence-electron chi connectivity index (χ4n) is 3.34. The first-order valence-electron chi connectivity index (χ1n) is 8.89. The third-order valence-corrected chi connectivity index (χ3v) is 4.74. The van der Waals surface area contributed by atoms with Gasteiger partial charge in [-0.3, -0.25) is 9.59 Å². The van der Waals surface area contributed by atoms with E-state index in [0.29, 0.717) is 13.0 Å². The van der Waals surface area contributed by atoms with E-state index in [2.05, 4.69) is 10.3 Å². The molecule has 0 aliphatic carbocycles. The zero-order valence-electron chi connectivity index (χ0n) is 14.5. The Kier molecular flexibility index (Phi) is 5.55. The Bertz CT molecular complexity index is 814. The number of para-hydroxylation sites is 1. The standard InChI is InChI=1S/C19H23N3O4/c23-17(12-22-9-5-1-2-8-18(22)24)21-16(19(25)26)10-13-11-20-15-7-4-3-6-14(13)15/h3-4,6-7,11,16,20H,1-2,5,8-10,12H2,(H,21,23)(H,25,26). The molecule has 1 saturated heterocycles. The maximum Gasteiger partial charge on any atom is 0.326 e. The Labute approximate surface area is 151 Å². The van der Waals surface area contributed by atoms with E-state index in [4.69, 9.17) is 0 Å². The minimum absolute atomic E-state index is 0.0406. The van der Waals surface area contributed by atoms with Gasteiger partial charge < -0.3 is 20.3 Å². The van der Waals surface area contributed by atoms with Crippen LogP contribution in [0, 0.1) is 0 Å². The number of carboxylic acids is 1. The van der Waals surface area contributed by atoms with Crippen LogP contribution in [-0.4, -0.2) is 51.9 Å². The van der Waals surface area contributed by atoms with Crippen LogP contribution in [0.4, 0.5) is 0 Å². The molecule has 7 heteroatoms. The van der Waals surface area contributed by atoms with Gasteiger partial charge in [-0.15, -0.1) is 0 Å². The highest BCUT2D eigenvalue weighted by molar-refractivity contribution is 5.89. The number of benzene rings is 1. The molecule has 26 heavy (non-hydrogen) atoms. The van der Waals surface area contributed by atoms with Crippen molar-refractivity contribution in [2.45, 2.75) is 38.1 Å². The Morgan fingerprint density at radius 3 is 2.85 bits per heavy atom. The number of aromatic nitrogens is 1. The second-order valence-electron chi connectivity index (χ2n) is 6.65. The van der Waals surface area contributed by atoms with Crippen molar-refractivity contribution in [3.8, 4) is 0 Å². The number of rotatable bonds is 6. The molecule has 0 radical (unpaired) electrons. The number of nitrogens with one attached hydrogen (secondary N) is 2. The topological polar surface area (TPSA) is 103 Å². The van der Waals surface area contributed by atoms with Gasteiger partial charge in [0.2, 0.25) is 11.8 Å². The average molecular weight is 357 g/mol. The molecule has 0 bridgehead atoms. The fraction of sp³-hybridized carbons (Fsp3) is 0.421. The van der Waals surface area contributed by atoms with Gasteiger partial charge in [-0.05, 0) is 24.5 Å². The SMILES string of the molecule is O=C(CN1CCCCCC1=O)NC(Cc1c[nH]c2ccccc12)C(=O)O. The molecular weight excluding hydrogens is 334 g/mol. The molecule has 2 heterocycles. The molecule has 3 N–H and O–H groups in total. The Morgan fingerprint density at radius 2 is 2.04 bits per heavy atom. The van der Waals surface area contributed by atoms with Crippen LogP contribution >= 0.6 is 0 Å². The Balaban J connectivity index is 1.65. The van der Waals surface area contributed by atoms with E-state index >= 15 is 0 Å². The van der Waals surface area contributed by atoms with Crippen LogP contribution in [-0.2, 0) is 20.8 Å². The van der Waals surface area contributed by atoms with Crippen molar-refractivity contribution in [1.82, 2.24) is 15.2 Å². The summed E-state index contributed by atoms with van der Waals surface area (Å²) in [4.78, 5) is 40.5. The van der Waals surface area contributed by atoms with Crippen molar-refractivity contribution in [2.24, 2.45) is 0 Å². The van der Waals surface area contributed by atoms with Crippen molar-refractivity contribution >= 4 is 28.7 Å². The number of carbonyl (C=O) groups excluding carboxylic acids is 2. The number of aromatic amines is 1. The highest BCUT2D eigenvalue weighted by Gasteiger charge is 2.24. The number of hydrogen-bond acceptors (Lipinski definition) is 3. The summed E-state index contributed by atoms with van der Waals surface area (Å²) in [6.45, 7) is 0.461. The predicted octanol–water partition coefficient (Wildman–Crippen LogP) is 1.68. The number of carbonyl (C=O) groups is 3. The summed E-state index contributed by atoms with van der Waals surface area (Å²) < 4.78 is 0. The van der Waals surface area contributed by atoms with E-state index in [-0.39, 0.29) is 18.9 Å². The van der Waals surface area contributed by atoms with Crippen molar-refractivity contribution in [3.05, 3.63) is 36.0 Å². The minimum atomic E-state index is -1.09. The molecule has 3 rings (SSSR count). The number of aliphatic carboxylic acids is 1. The number of H-pyrrole nitrogens is 1. The van der Waals surface area contributed by atoms with Gasteiger partial charge in [0.15, 0.2) is 0 Å². The normalized spacial score (nSPS) is 16.3. The van der Waals surface area contributed by atoms with Crippen LogP contribution in [0.25, 0.3) is 10.9 Å². The van der Waals surface area contributed by atoms with Gasteiger partial charge in [0.1, 0.15) is 6.04 Å². The van der Waals surface area contributed by atoms with Gasteiger partial charge in [0.25, 0.3) is 0 Å². The predicted molar refractivity (Wildman–Crippen MR) is 96.6 cm³/mol. The summed E-state index contributed by atoms with van der Waals surface area (Å²) in [6, 6.07) is 6.58. The third-order valence-electron chi connectivity index (χ3n) is 4.74. The zero-order chi connectivity index (χ0) is 18.5. The Morgan fingerprint density at radius 1 is 1.23 bits per heavy atom. The molecule has 2 aromatic rings. The van der Waals surface area contributed by atoms with E-state index in [0.717, 1.165) is 35.7 Å². The van der Waals surface area contributed by atoms with E-state index < -0.39 is 17.9 Å². The summed E-state index contributed by atoms with van der Waals surface area (Å²) in [5.74, 6) is -1.57. The molecule has 1 unspecified atom stereocenters. The van der Waals surface area contributed by atoms with Crippen LogP contribution in [0.3, 0.4) is 0 Å². The molecule has 0 spiro atoms. The van der Waals surface area contributed by atoms with Crippen LogP contribution in [0.2, 0.25) is 0 Å². The number of fused-ring (bicyclic) bond motifs is 1. The fourth-order valence-corrected chi connectivity index (χ4v) is 3.34. The molecule has 7 nitrogen and oxygen atoms in total. The molecule has 1 aromatic carbocycles. The van der Waals surface area contributed by atoms with Crippen molar-refractivity contribution in [3.63, 3.8) is 0 Å². The number of hydrogen-bond donors (Lipinski definition) is 3. The van der Waals surface area contributed by atoms with E-state index in [1.165, 1.54) is 4.90 Å². The number of amides is 2. The first-order valence-corrected chi connectivity index (χ1v) is 8.89. The van der Waals surface area contributed by atoms with Crippen LogP contribution in [0.5, 0.6) is 0 Å². The lowest BCUT2D eigenvalue weighted by Gasteiger charge is -2.21. The van der Waals surface area contributed by atoms with Crippen LogP contribution in [0.1, 0.15) is 31.2 Å². The quantitative estimate of drug-likeness (QED) is 0.732. The van der Waals surface area contributed by atoms with Crippen LogP contribution < -0.4 is 5.32 Å². The van der Waals surface area contributed by atoms with Gasteiger partial charge in [0.05, 0.1) is 6.54 Å². The first kappa shape index (κ1) is 18.0. The zero-order valence-corrected chi connectivity index (χ0v) is 14.5. The summed E-state index contributed by atoms with van der Waals surface area (Å²) in [5.41, 5.74) is 1.76. The maximum absolute atomic E-state index is 12.3. The van der Waals surface area contributed by atoms with Crippen molar-refractivity contribution in [1.29, 1.82) is 0 Å². The van der Waals surface area contributed by atoms with E-state index in [9.17, 15) is 19.5 Å². The molecule has 1 aromatic heterocycles. The largest absolute Gasteiger partial charge is 0.480 e. The number of nitrogens with zero attached hydrogens (tertiary/aromatic N) is 1. The molecule has 1 aliphatic rings. The summed E-state index contributed by atoms with van der Waals surface area (Å²) >= 11 is 0. The average Bonchev–Trinajstić information content (AvgIpc) is 2.91. The van der Waals surface area contributed by atoms with Crippen molar-refractivity contribution in [2.75, 3.05) is 13.1 Å². The monoisotopic (exact) mass is 357 g/mol. The molecule has 138 valence electrons. The van der Waals surface area contributed by atoms with Gasteiger partial charge in [-0.2, -0.15) is 0 Å². The molecule has 1 aliphatic heterocycles. The van der Waals surface area contributed by atoms with Gasteiger partial charge >= 0.3 is 5.97 Å². The highest BCUT2D eigenvalue weighted by atomic mass is 16.4. The smallest absolute Gasteiger partial charge is 0.326 e. The number of likely N-dealkylation sites (tertiary alicyclic amines) is 1. The second kappa shape index (κ2) is 8.03. The maximum atomic E-state index is 12.3. The molecule has 1 atom stereocenters. The molecule has 2 amide bonds. The summed E-state index contributed by atoms with van der Waals surface area (Å²) in [6.07, 6.45) is 5.09. The third kappa shape index (κ3) is 4.22.